The number of furan rings is 1. The van der Waals surface area contributed by atoms with Gasteiger partial charge in [0.25, 0.3) is 0 Å². The van der Waals surface area contributed by atoms with Gasteiger partial charge in [-0.25, -0.2) is 0 Å². The third-order valence-corrected chi connectivity index (χ3v) is 3.18. The number of carbonyl (C=O) groups is 2. The lowest BCUT2D eigenvalue weighted by atomic mass is 10.1. The van der Waals surface area contributed by atoms with Crippen molar-refractivity contribution < 1.29 is 19.1 Å². The van der Waals surface area contributed by atoms with Crippen molar-refractivity contribution >= 4 is 22.8 Å². The molecule has 1 aromatic carbocycles. The third-order valence-electron chi connectivity index (χ3n) is 3.18. The van der Waals surface area contributed by atoms with Crippen LogP contribution in [0, 0.1) is 6.92 Å². The normalized spacial score (nSPS) is 10.5. The fraction of sp³-hybridized carbons (Fsp3) is 0.250. The SMILES string of the molecule is C=CCN(CC(=O)O)C(=O)Cc1coc2cc(C)ccc12. The lowest BCUT2D eigenvalue weighted by molar-refractivity contribution is -0.143. The summed E-state index contributed by atoms with van der Waals surface area (Å²) < 4.78 is 5.44. The van der Waals surface area contributed by atoms with Crippen LogP contribution in [-0.2, 0) is 16.0 Å². The van der Waals surface area contributed by atoms with Gasteiger partial charge in [-0.15, -0.1) is 6.58 Å². The van der Waals surface area contributed by atoms with E-state index >= 15 is 0 Å². The highest BCUT2D eigenvalue weighted by atomic mass is 16.4. The molecule has 1 N–H and O–H groups in total. The lowest BCUT2D eigenvalue weighted by Gasteiger charge is -2.18. The molecule has 21 heavy (non-hydrogen) atoms. The van der Waals surface area contributed by atoms with Gasteiger partial charge in [0, 0.05) is 17.5 Å². The fourth-order valence-electron chi connectivity index (χ4n) is 2.18. The topological polar surface area (TPSA) is 70.8 Å². The van der Waals surface area contributed by atoms with E-state index in [4.69, 9.17) is 9.52 Å². The Kier molecular flexibility index (Phi) is 4.42. The van der Waals surface area contributed by atoms with E-state index in [1.165, 1.54) is 11.0 Å². The Bertz CT molecular complexity index is 687. The molecular weight excluding hydrogens is 270 g/mol. The molecule has 0 fully saturated rings. The number of fused-ring (bicyclic) bond motifs is 1. The van der Waals surface area contributed by atoms with Gasteiger partial charge in [-0.2, -0.15) is 0 Å². The summed E-state index contributed by atoms with van der Waals surface area (Å²) in [5.41, 5.74) is 2.56. The van der Waals surface area contributed by atoms with Crippen molar-refractivity contribution in [1.29, 1.82) is 0 Å². The van der Waals surface area contributed by atoms with E-state index in [1.807, 2.05) is 25.1 Å². The molecule has 0 bridgehead atoms. The minimum absolute atomic E-state index is 0.108. The number of aliphatic carboxylic acids is 1. The number of aryl methyl sites for hydroxylation is 1. The van der Waals surface area contributed by atoms with E-state index in [0.717, 1.165) is 22.1 Å². The van der Waals surface area contributed by atoms with Gasteiger partial charge < -0.3 is 14.4 Å². The molecule has 1 heterocycles. The highest BCUT2D eigenvalue weighted by molar-refractivity contribution is 5.89. The number of carbonyl (C=O) groups excluding carboxylic acids is 1. The van der Waals surface area contributed by atoms with Crippen LogP contribution in [0.2, 0.25) is 0 Å². The van der Waals surface area contributed by atoms with Gasteiger partial charge in [-0.3, -0.25) is 9.59 Å². The summed E-state index contributed by atoms with van der Waals surface area (Å²) >= 11 is 0. The van der Waals surface area contributed by atoms with Crippen LogP contribution in [0.25, 0.3) is 11.0 Å². The highest BCUT2D eigenvalue weighted by Gasteiger charge is 2.18. The molecule has 5 heteroatoms. The first kappa shape index (κ1) is 14.8. The van der Waals surface area contributed by atoms with Gasteiger partial charge >= 0.3 is 5.97 Å². The molecule has 0 unspecified atom stereocenters. The molecule has 0 aliphatic heterocycles. The average molecular weight is 287 g/mol. The van der Waals surface area contributed by atoms with Crippen LogP contribution in [0.4, 0.5) is 0 Å². The second-order valence-corrected chi connectivity index (χ2v) is 4.89. The molecule has 110 valence electrons. The molecule has 0 aliphatic rings. The Morgan fingerprint density at radius 2 is 2.19 bits per heavy atom. The lowest BCUT2D eigenvalue weighted by Crippen LogP contribution is -2.36. The van der Waals surface area contributed by atoms with Crippen molar-refractivity contribution in [1.82, 2.24) is 4.90 Å². The molecule has 2 rings (SSSR count). The maximum atomic E-state index is 12.2. The zero-order valence-electron chi connectivity index (χ0n) is 11.8. The highest BCUT2D eigenvalue weighted by Crippen LogP contribution is 2.23. The molecule has 0 atom stereocenters. The van der Waals surface area contributed by atoms with Crippen LogP contribution < -0.4 is 0 Å². The summed E-state index contributed by atoms with van der Waals surface area (Å²) in [5.74, 6) is -1.31. The van der Waals surface area contributed by atoms with Crippen LogP contribution in [0.5, 0.6) is 0 Å². The number of hydrogen-bond donors (Lipinski definition) is 1. The van der Waals surface area contributed by atoms with E-state index in [1.54, 1.807) is 6.26 Å². The van der Waals surface area contributed by atoms with Gasteiger partial charge in [0.2, 0.25) is 5.91 Å². The van der Waals surface area contributed by atoms with Crippen molar-refractivity contribution in [3.8, 4) is 0 Å². The smallest absolute Gasteiger partial charge is 0.323 e. The zero-order valence-corrected chi connectivity index (χ0v) is 11.8. The molecule has 0 aliphatic carbocycles. The first-order chi connectivity index (χ1) is 10.0. The van der Waals surface area contributed by atoms with Gasteiger partial charge in [0.15, 0.2) is 0 Å². The van der Waals surface area contributed by atoms with Gasteiger partial charge in [0.05, 0.1) is 12.7 Å². The summed E-state index contributed by atoms with van der Waals surface area (Å²) in [7, 11) is 0. The number of benzene rings is 1. The number of carboxylic acid groups (broad SMARTS) is 1. The monoisotopic (exact) mass is 287 g/mol. The quantitative estimate of drug-likeness (QED) is 0.828. The molecule has 1 amide bonds. The molecule has 0 spiro atoms. The molecule has 5 nitrogen and oxygen atoms in total. The maximum absolute atomic E-state index is 12.2. The summed E-state index contributed by atoms with van der Waals surface area (Å²) in [6, 6.07) is 5.76. The average Bonchev–Trinajstić information content (AvgIpc) is 2.80. The van der Waals surface area contributed by atoms with Crippen LogP contribution in [-0.4, -0.2) is 35.0 Å². The van der Waals surface area contributed by atoms with Crippen molar-refractivity contribution in [3.63, 3.8) is 0 Å². The Hall–Kier alpha value is -2.56. The third kappa shape index (κ3) is 3.51. The van der Waals surface area contributed by atoms with Crippen molar-refractivity contribution in [2.24, 2.45) is 0 Å². The van der Waals surface area contributed by atoms with Gasteiger partial charge in [0.1, 0.15) is 12.1 Å². The van der Waals surface area contributed by atoms with E-state index in [-0.39, 0.29) is 25.4 Å². The Balaban J connectivity index is 2.19. The summed E-state index contributed by atoms with van der Waals surface area (Å²) in [6.07, 6.45) is 3.17. The minimum Gasteiger partial charge on any atom is -0.480 e. The van der Waals surface area contributed by atoms with E-state index in [0.29, 0.717) is 0 Å². The second-order valence-electron chi connectivity index (χ2n) is 4.89. The number of rotatable bonds is 6. The minimum atomic E-state index is -1.04. The molecule has 1 aromatic heterocycles. The summed E-state index contributed by atoms with van der Waals surface area (Å²) in [5, 5.41) is 9.72. The fourth-order valence-corrected chi connectivity index (χ4v) is 2.18. The van der Waals surface area contributed by atoms with Crippen molar-refractivity contribution in [2.75, 3.05) is 13.1 Å². The Labute approximate surface area is 122 Å². The predicted octanol–water partition coefficient (Wildman–Crippen LogP) is 2.38. The first-order valence-corrected chi connectivity index (χ1v) is 6.58. The van der Waals surface area contributed by atoms with Gasteiger partial charge in [-0.1, -0.05) is 18.2 Å². The summed E-state index contributed by atoms with van der Waals surface area (Å²) in [4.78, 5) is 24.3. The number of carboxylic acids is 1. The van der Waals surface area contributed by atoms with Crippen molar-refractivity contribution in [3.05, 3.63) is 48.2 Å². The number of amides is 1. The van der Waals surface area contributed by atoms with Crippen LogP contribution >= 0.6 is 0 Å². The van der Waals surface area contributed by atoms with E-state index < -0.39 is 5.97 Å². The van der Waals surface area contributed by atoms with Crippen molar-refractivity contribution in [2.45, 2.75) is 13.3 Å². The zero-order chi connectivity index (χ0) is 15.4. The van der Waals surface area contributed by atoms with Crippen LogP contribution in [0.3, 0.4) is 0 Å². The first-order valence-electron chi connectivity index (χ1n) is 6.58. The molecule has 2 aromatic rings. The maximum Gasteiger partial charge on any atom is 0.323 e. The Morgan fingerprint density at radius 1 is 1.43 bits per heavy atom. The van der Waals surface area contributed by atoms with E-state index in [2.05, 4.69) is 6.58 Å². The van der Waals surface area contributed by atoms with Gasteiger partial charge in [-0.05, 0) is 18.6 Å². The predicted molar refractivity (Wildman–Crippen MR) is 79.1 cm³/mol. The number of hydrogen-bond acceptors (Lipinski definition) is 3. The second kappa shape index (κ2) is 6.26. The van der Waals surface area contributed by atoms with Crippen LogP contribution in [0.15, 0.2) is 41.5 Å². The summed E-state index contributed by atoms with van der Waals surface area (Å²) in [6.45, 7) is 5.38. The molecule has 0 saturated carbocycles. The molecule has 0 radical (unpaired) electrons. The Morgan fingerprint density at radius 3 is 2.86 bits per heavy atom. The molecular formula is C16H17NO4. The van der Waals surface area contributed by atoms with E-state index in [9.17, 15) is 9.59 Å². The molecule has 0 saturated heterocycles. The van der Waals surface area contributed by atoms with Crippen LogP contribution in [0.1, 0.15) is 11.1 Å². The standard InChI is InChI=1S/C16H17NO4/c1-3-6-17(9-16(19)20)15(18)8-12-10-21-14-7-11(2)4-5-13(12)14/h3-5,7,10H,1,6,8-9H2,2H3,(H,19,20). The largest absolute Gasteiger partial charge is 0.480 e. The number of nitrogens with zero attached hydrogens (tertiary/aromatic N) is 1.